The quantitative estimate of drug-likeness (QED) is 0.713. The van der Waals surface area contributed by atoms with Gasteiger partial charge in [-0.05, 0) is 19.2 Å². The van der Waals surface area contributed by atoms with Crippen molar-refractivity contribution in [2.75, 3.05) is 25.6 Å². The molecule has 6 nitrogen and oxygen atoms in total. The molecule has 0 saturated heterocycles. The van der Waals surface area contributed by atoms with Gasteiger partial charge in [0.05, 0.1) is 6.54 Å². The van der Waals surface area contributed by atoms with Crippen LogP contribution in [0.15, 0.2) is 21.6 Å². The van der Waals surface area contributed by atoms with Gasteiger partial charge in [-0.1, -0.05) is 0 Å². The molecule has 0 aromatic carbocycles. The lowest BCUT2D eigenvalue weighted by molar-refractivity contribution is 0.405. The normalized spacial score (nSPS) is 13.8. The zero-order chi connectivity index (χ0) is 12.9. The van der Waals surface area contributed by atoms with E-state index in [9.17, 15) is 12.6 Å². The van der Waals surface area contributed by atoms with Crippen LogP contribution in [0.4, 0.5) is 0 Å². The van der Waals surface area contributed by atoms with Gasteiger partial charge in [0.2, 0.25) is 5.09 Å². The fourth-order valence-electron chi connectivity index (χ4n) is 1.16. The zero-order valence-corrected chi connectivity index (χ0v) is 11.4. The third kappa shape index (κ3) is 4.58. The molecule has 0 radical (unpaired) electrons. The summed E-state index contributed by atoms with van der Waals surface area (Å²) in [5.74, 6) is 0.829. The van der Waals surface area contributed by atoms with Crippen molar-refractivity contribution in [3.8, 4) is 0 Å². The van der Waals surface area contributed by atoms with Gasteiger partial charge in [-0.15, -0.1) is 0 Å². The van der Waals surface area contributed by atoms with Crippen LogP contribution < -0.4 is 10.0 Å². The Bertz CT molecular complexity index is 481. The maximum Gasteiger partial charge on any atom is 0.273 e. The number of nitrogens with one attached hydrogen (secondary N) is 2. The molecule has 0 amide bonds. The highest BCUT2D eigenvalue weighted by molar-refractivity contribution is 7.89. The molecule has 0 fully saturated rings. The molecular formula is C9H16N2O4S2. The summed E-state index contributed by atoms with van der Waals surface area (Å²) in [5, 5.41) is 2.74. The summed E-state index contributed by atoms with van der Waals surface area (Å²) in [6.45, 7) is 0.599. The second-order valence-electron chi connectivity index (χ2n) is 3.43. The van der Waals surface area contributed by atoms with Crippen LogP contribution in [0.3, 0.4) is 0 Å². The Morgan fingerprint density at radius 2 is 2.12 bits per heavy atom. The Morgan fingerprint density at radius 3 is 2.71 bits per heavy atom. The molecule has 0 aliphatic carbocycles. The Hall–Kier alpha value is -0.700. The maximum atomic E-state index is 11.7. The standard InChI is InChI=1S/C9H16N2O4S2/c1-10-7-8-3-4-9(15-8)17(13,14)11-5-6-16(2)12/h3-4,10-11H,5-7H2,1-2H3. The topological polar surface area (TPSA) is 88.4 Å². The number of sulfonamides is 1. The first-order valence-electron chi connectivity index (χ1n) is 4.98. The number of hydrogen-bond donors (Lipinski definition) is 2. The average molecular weight is 280 g/mol. The van der Waals surface area contributed by atoms with Crippen molar-refractivity contribution in [3.05, 3.63) is 17.9 Å². The second-order valence-corrected chi connectivity index (χ2v) is 6.68. The first kappa shape index (κ1) is 14.4. The number of furan rings is 1. The average Bonchev–Trinajstić information content (AvgIpc) is 2.66. The summed E-state index contributed by atoms with van der Waals surface area (Å²) in [5.41, 5.74) is 0. The molecule has 1 aromatic heterocycles. The van der Waals surface area contributed by atoms with Crippen LogP contribution in [0.2, 0.25) is 0 Å². The summed E-state index contributed by atoms with van der Waals surface area (Å²) in [6, 6.07) is 3.00. The molecule has 0 saturated carbocycles. The van der Waals surface area contributed by atoms with Crippen LogP contribution in [-0.4, -0.2) is 38.2 Å². The van der Waals surface area contributed by atoms with Crippen molar-refractivity contribution in [1.29, 1.82) is 0 Å². The summed E-state index contributed by atoms with van der Waals surface area (Å²) < 4.78 is 41.7. The van der Waals surface area contributed by atoms with E-state index in [1.807, 2.05) is 0 Å². The van der Waals surface area contributed by atoms with Gasteiger partial charge in [0.25, 0.3) is 10.0 Å². The summed E-state index contributed by atoms with van der Waals surface area (Å²) >= 11 is 0. The molecule has 1 unspecified atom stereocenters. The predicted octanol–water partition coefficient (Wildman–Crippen LogP) is -0.344. The molecule has 1 heterocycles. The minimum atomic E-state index is -3.63. The van der Waals surface area contributed by atoms with E-state index in [1.54, 1.807) is 13.1 Å². The fraction of sp³-hybridized carbons (Fsp3) is 0.556. The lowest BCUT2D eigenvalue weighted by atomic mass is 10.4. The number of rotatable bonds is 7. The molecule has 2 N–H and O–H groups in total. The van der Waals surface area contributed by atoms with Crippen molar-refractivity contribution >= 4 is 20.8 Å². The highest BCUT2D eigenvalue weighted by Gasteiger charge is 2.18. The van der Waals surface area contributed by atoms with Crippen molar-refractivity contribution in [2.24, 2.45) is 0 Å². The molecule has 17 heavy (non-hydrogen) atoms. The molecular weight excluding hydrogens is 264 g/mol. The van der Waals surface area contributed by atoms with Crippen LogP contribution in [0, 0.1) is 0 Å². The highest BCUT2D eigenvalue weighted by Crippen LogP contribution is 2.13. The Kier molecular flexibility index (Phi) is 5.31. The van der Waals surface area contributed by atoms with Gasteiger partial charge < -0.3 is 9.73 Å². The third-order valence-electron chi connectivity index (χ3n) is 1.93. The van der Waals surface area contributed by atoms with Crippen LogP contribution in [-0.2, 0) is 27.4 Å². The predicted molar refractivity (Wildman–Crippen MR) is 65.6 cm³/mol. The molecule has 1 atom stereocenters. The van der Waals surface area contributed by atoms with Crippen LogP contribution >= 0.6 is 0 Å². The lowest BCUT2D eigenvalue weighted by Crippen LogP contribution is -2.27. The van der Waals surface area contributed by atoms with Crippen LogP contribution in [0.1, 0.15) is 5.76 Å². The largest absolute Gasteiger partial charge is 0.447 e. The SMILES string of the molecule is CNCc1ccc(S(=O)(=O)NCCS(C)=O)o1. The Labute approximate surface area is 103 Å². The van der Waals surface area contributed by atoms with Gasteiger partial charge in [-0.3, -0.25) is 4.21 Å². The molecule has 98 valence electrons. The number of hydrogen-bond acceptors (Lipinski definition) is 5. The monoisotopic (exact) mass is 280 g/mol. The van der Waals surface area contributed by atoms with Gasteiger partial charge in [-0.2, -0.15) is 0 Å². The Morgan fingerprint density at radius 1 is 1.41 bits per heavy atom. The van der Waals surface area contributed by atoms with E-state index in [4.69, 9.17) is 4.42 Å². The molecule has 8 heteroatoms. The molecule has 1 rings (SSSR count). The summed E-state index contributed by atoms with van der Waals surface area (Å²) in [6.07, 6.45) is 1.52. The third-order valence-corrected chi connectivity index (χ3v) is 4.05. The lowest BCUT2D eigenvalue weighted by Gasteiger charge is -2.02. The molecule has 0 aliphatic rings. The molecule has 0 aliphatic heterocycles. The Balaban J connectivity index is 2.65. The second kappa shape index (κ2) is 6.29. The van der Waals surface area contributed by atoms with Crippen LogP contribution in [0.25, 0.3) is 0 Å². The molecule has 1 aromatic rings. The first-order valence-corrected chi connectivity index (χ1v) is 8.20. The fourth-order valence-corrected chi connectivity index (χ4v) is 2.66. The van der Waals surface area contributed by atoms with E-state index in [0.29, 0.717) is 12.3 Å². The van der Waals surface area contributed by atoms with E-state index in [1.165, 1.54) is 12.3 Å². The van der Waals surface area contributed by atoms with E-state index >= 15 is 0 Å². The maximum absolute atomic E-state index is 11.7. The highest BCUT2D eigenvalue weighted by atomic mass is 32.2. The van der Waals surface area contributed by atoms with Gasteiger partial charge in [-0.25, -0.2) is 13.1 Å². The van der Waals surface area contributed by atoms with Crippen molar-refractivity contribution in [1.82, 2.24) is 10.0 Å². The van der Waals surface area contributed by atoms with Crippen LogP contribution in [0.5, 0.6) is 0 Å². The van der Waals surface area contributed by atoms with Crippen molar-refractivity contribution in [2.45, 2.75) is 11.6 Å². The molecule has 0 spiro atoms. The zero-order valence-electron chi connectivity index (χ0n) is 9.73. The molecule has 0 bridgehead atoms. The minimum Gasteiger partial charge on any atom is -0.447 e. The van der Waals surface area contributed by atoms with E-state index < -0.39 is 20.8 Å². The van der Waals surface area contributed by atoms with Gasteiger partial charge in [0.15, 0.2) is 0 Å². The van der Waals surface area contributed by atoms with Gasteiger partial charge in [0.1, 0.15) is 5.76 Å². The minimum absolute atomic E-state index is 0.121. The first-order chi connectivity index (χ1) is 7.95. The van der Waals surface area contributed by atoms with Crippen molar-refractivity contribution in [3.63, 3.8) is 0 Å². The van der Waals surface area contributed by atoms with E-state index in [0.717, 1.165) is 0 Å². The summed E-state index contributed by atoms with van der Waals surface area (Å²) in [4.78, 5) is 0. The van der Waals surface area contributed by atoms with Crippen molar-refractivity contribution < 1.29 is 17.0 Å². The van der Waals surface area contributed by atoms with E-state index in [-0.39, 0.29) is 17.4 Å². The van der Waals surface area contributed by atoms with E-state index in [2.05, 4.69) is 10.0 Å². The van der Waals surface area contributed by atoms with Gasteiger partial charge >= 0.3 is 0 Å². The summed E-state index contributed by atoms with van der Waals surface area (Å²) in [7, 11) is -2.91. The van der Waals surface area contributed by atoms with Gasteiger partial charge in [0, 0.05) is 29.4 Å². The smallest absolute Gasteiger partial charge is 0.273 e.